The molecule has 0 aromatic heterocycles. The summed E-state index contributed by atoms with van der Waals surface area (Å²) in [6.45, 7) is 8.10. The molecule has 0 aliphatic heterocycles. The Morgan fingerprint density at radius 2 is 2.27 bits per heavy atom. The Morgan fingerprint density at radius 3 is 2.73 bits per heavy atom. The van der Waals surface area contributed by atoms with Crippen LogP contribution in [0.3, 0.4) is 0 Å². The minimum absolute atomic E-state index is 0.126. The highest BCUT2D eigenvalue weighted by molar-refractivity contribution is 5.86. The van der Waals surface area contributed by atoms with Gasteiger partial charge in [0.15, 0.2) is 0 Å². The second-order valence-electron chi connectivity index (χ2n) is 2.62. The van der Waals surface area contributed by atoms with Gasteiger partial charge in [0.05, 0.1) is 0 Å². The molecule has 0 aromatic rings. The van der Waals surface area contributed by atoms with Crippen LogP contribution in [-0.4, -0.2) is 12.5 Å². The van der Waals surface area contributed by atoms with Gasteiger partial charge >= 0.3 is 0 Å². The molecular weight excluding hydrogens is 138 g/mol. The largest absolute Gasteiger partial charge is 0.349 e. The number of amides is 1. The number of carbonyl (C=O) groups is 1. The molecule has 0 saturated heterocycles. The average Bonchev–Trinajstić information content (AvgIpc) is 1.97. The van der Waals surface area contributed by atoms with Crippen molar-refractivity contribution in [2.24, 2.45) is 5.92 Å². The number of nitrogens with one attached hydrogen (secondary N) is 1. The van der Waals surface area contributed by atoms with E-state index >= 15 is 0 Å². The maximum atomic E-state index is 10.6. The van der Waals surface area contributed by atoms with E-state index in [9.17, 15) is 4.79 Å². The van der Waals surface area contributed by atoms with Crippen molar-refractivity contribution in [2.75, 3.05) is 6.54 Å². The lowest BCUT2D eigenvalue weighted by Crippen LogP contribution is -2.20. The first-order valence-electron chi connectivity index (χ1n) is 3.73. The number of rotatable bonds is 4. The third-order valence-corrected chi connectivity index (χ3v) is 1.10. The number of hydrogen-bond acceptors (Lipinski definition) is 1. The summed E-state index contributed by atoms with van der Waals surface area (Å²) in [5.74, 6) is 0.411. The lowest BCUT2D eigenvalue weighted by atomic mass is 10.2. The Hall–Kier alpha value is -1.05. The average molecular weight is 153 g/mol. The van der Waals surface area contributed by atoms with Crippen LogP contribution in [0.2, 0.25) is 0 Å². The van der Waals surface area contributed by atoms with Crippen LogP contribution in [0, 0.1) is 5.92 Å². The van der Waals surface area contributed by atoms with Gasteiger partial charge in [0.25, 0.3) is 0 Å². The third-order valence-electron chi connectivity index (χ3n) is 1.10. The van der Waals surface area contributed by atoms with Gasteiger partial charge in [-0.05, 0) is 12.0 Å². The van der Waals surface area contributed by atoms with Crippen molar-refractivity contribution in [2.45, 2.75) is 13.8 Å². The fourth-order valence-corrected chi connectivity index (χ4v) is 0.572. The summed E-state index contributed by atoms with van der Waals surface area (Å²) in [6.07, 6.45) is 5.25. The molecule has 2 heteroatoms. The zero-order valence-electron chi connectivity index (χ0n) is 7.13. The quantitative estimate of drug-likeness (QED) is 0.481. The second kappa shape index (κ2) is 5.71. The topological polar surface area (TPSA) is 29.1 Å². The Kier molecular flexibility index (Phi) is 5.17. The van der Waals surface area contributed by atoms with E-state index in [4.69, 9.17) is 0 Å². The standard InChI is InChI=1S/C9H15NO/c1-4-9(11)10-7-5-6-8(2)3/h4-6,8H,1,7H2,2-3H3,(H,10,11). The molecule has 2 nitrogen and oxygen atoms in total. The van der Waals surface area contributed by atoms with E-state index in [2.05, 4.69) is 25.7 Å². The fourth-order valence-electron chi connectivity index (χ4n) is 0.572. The van der Waals surface area contributed by atoms with E-state index in [-0.39, 0.29) is 5.91 Å². The summed E-state index contributed by atoms with van der Waals surface area (Å²) in [7, 11) is 0. The molecule has 0 spiro atoms. The molecule has 0 atom stereocenters. The van der Waals surface area contributed by atoms with Gasteiger partial charge in [-0.15, -0.1) is 0 Å². The van der Waals surface area contributed by atoms with E-state index in [1.54, 1.807) is 0 Å². The van der Waals surface area contributed by atoms with E-state index in [1.807, 2.05) is 12.2 Å². The van der Waals surface area contributed by atoms with Gasteiger partial charge in [0.1, 0.15) is 0 Å². The molecule has 62 valence electrons. The normalized spacial score (nSPS) is 10.5. The highest BCUT2D eigenvalue weighted by Gasteiger charge is 1.88. The lowest BCUT2D eigenvalue weighted by Gasteiger charge is -1.96. The molecule has 0 heterocycles. The van der Waals surface area contributed by atoms with Crippen molar-refractivity contribution >= 4 is 5.91 Å². The number of allylic oxidation sites excluding steroid dienone is 1. The summed E-state index contributed by atoms with van der Waals surface area (Å²) < 4.78 is 0. The van der Waals surface area contributed by atoms with Crippen molar-refractivity contribution in [3.63, 3.8) is 0 Å². The molecule has 0 aromatic carbocycles. The molecule has 0 aliphatic carbocycles. The summed E-state index contributed by atoms with van der Waals surface area (Å²) >= 11 is 0. The Bertz CT molecular complexity index is 159. The minimum atomic E-state index is -0.126. The van der Waals surface area contributed by atoms with E-state index in [1.165, 1.54) is 6.08 Å². The minimum Gasteiger partial charge on any atom is -0.349 e. The van der Waals surface area contributed by atoms with E-state index in [0.29, 0.717) is 12.5 Å². The lowest BCUT2D eigenvalue weighted by molar-refractivity contribution is -0.116. The van der Waals surface area contributed by atoms with Crippen LogP contribution in [0.4, 0.5) is 0 Å². The summed E-state index contributed by atoms with van der Waals surface area (Å²) in [6, 6.07) is 0. The van der Waals surface area contributed by atoms with Gasteiger partial charge in [0, 0.05) is 6.54 Å². The van der Waals surface area contributed by atoms with Crippen LogP contribution < -0.4 is 5.32 Å². The van der Waals surface area contributed by atoms with E-state index < -0.39 is 0 Å². The molecule has 0 radical (unpaired) electrons. The van der Waals surface area contributed by atoms with Crippen molar-refractivity contribution in [3.8, 4) is 0 Å². The zero-order chi connectivity index (χ0) is 8.69. The molecule has 0 saturated carbocycles. The van der Waals surface area contributed by atoms with E-state index in [0.717, 1.165) is 0 Å². The SMILES string of the molecule is C=CC(=O)NCC=CC(C)C. The van der Waals surface area contributed by atoms with Crippen LogP contribution in [0.15, 0.2) is 24.8 Å². The molecule has 0 rings (SSSR count). The van der Waals surface area contributed by atoms with Gasteiger partial charge in [-0.1, -0.05) is 32.6 Å². The predicted octanol–water partition coefficient (Wildman–Crippen LogP) is 1.50. The molecule has 0 unspecified atom stereocenters. The molecular formula is C9H15NO. The molecule has 1 N–H and O–H groups in total. The summed E-state index contributed by atoms with van der Waals surface area (Å²) in [4.78, 5) is 10.6. The maximum absolute atomic E-state index is 10.6. The van der Waals surface area contributed by atoms with Gasteiger partial charge < -0.3 is 5.32 Å². The maximum Gasteiger partial charge on any atom is 0.243 e. The Labute approximate surface area is 68.0 Å². The summed E-state index contributed by atoms with van der Waals surface area (Å²) in [5.41, 5.74) is 0. The Balaban J connectivity index is 3.41. The number of hydrogen-bond donors (Lipinski definition) is 1. The fraction of sp³-hybridized carbons (Fsp3) is 0.444. The monoisotopic (exact) mass is 153 g/mol. The highest BCUT2D eigenvalue weighted by Crippen LogP contribution is 1.91. The highest BCUT2D eigenvalue weighted by atomic mass is 16.1. The first kappa shape index (κ1) is 9.95. The van der Waals surface area contributed by atoms with Crippen LogP contribution in [0.1, 0.15) is 13.8 Å². The van der Waals surface area contributed by atoms with Crippen molar-refractivity contribution in [1.29, 1.82) is 0 Å². The van der Waals surface area contributed by atoms with Gasteiger partial charge in [0.2, 0.25) is 5.91 Å². The first-order valence-corrected chi connectivity index (χ1v) is 3.73. The zero-order valence-corrected chi connectivity index (χ0v) is 7.13. The smallest absolute Gasteiger partial charge is 0.243 e. The van der Waals surface area contributed by atoms with Crippen molar-refractivity contribution in [3.05, 3.63) is 24.8 Å². The molecule has 0 aliphatic rings. The molecule has 1 amide bonds. The predicted molar refractivity (Wildman–Crippen MR) is 47.2 cm³/mol. The number of carbonyl (C=O) groups excluding carboxylic acids is 1. The second-order valence-corrected chi connectivity index (χ2v) is 2.62. The van der Waals surface area contributed by atoms with Crippen molar-refractivity contribution < 1.29 is 4.79 Å². The van der Waals surface area contributed by atoms with Gasteiger partial charge in [-0.3, -0.25) is 4.79 Å². The summed E-state index contributed by atoms with van der Waals surface area (Å²) in [5, 5.41) is 2.64. The van der Waals surface area contributed by atoms with Crippen LogP contribution in [-0.2, 0) is 4.79 Å². The van der Waals surface area contributed by atoms with Crippen LogP contribution in [0.5, 0.6) is 0 Å². The van der Waals surface area contributed by atoms with Crippen LogP contribution in [0.25, 0.3) is 0 Å². The molecule has 0 bridgehead atoms. The van der Waals surface area contributed by atoms with Gasteiger partial charge in [-0.25, -0.2) is 0 Å². The Morgan fingerprint density at radius 1 is 1.64 bits per heavy atom. The molecule has 11 heavy (non-hydrogen) atoms. The van der Waals surface area contributed by atoms with Crippen LogP contribution >= 0.6 is 0 Å². The first-order chi connectivity index (χ1) is 5.16. The third kappa shape index (κ3) is 6.84. The van der Waals surface area contributed by atoms with Gasteiger partial charge in [-0.2, -0.15) is 0 Å². The molecule has 0 fully saturated rings. The van der Waals surface area contributed by atoms with Crippen molar-refractivity contribution in [1.82, 2.24) is 5.32 Å².